The van der Waals surface area contributed by atoms with Gasteiger partial charge in [0, 0.05) is 31.7 Å². The molecule has 0 bridgehead atoms. The van der Waals surface area contributed by atoms with E-state index in [1.54, 1.807) is 0 Å². The van der Waals surface area contributed by atoms with Crippen molar-refractivity contribution >= 4 is 5.91 Å². The van der Waals surface area contributed by atoms with Crippen LogP contribution in [0.3, 0.4) is 0 Å². The number of nitrogens with one attached hydrogen (secondary N) is 1. The zero-order chi connectivity index (χ0) is 17.8. The zero-order valence-electron chi connectivity index (χ0n) is 14.6. The maximum atomic E-state index is 12.5. The SMILES string of the molecule is O=C(NCCN1CCOCC1)c1cccc(-c2ccc3c(c2)OCO3)c1. The summed E-state index contributed by atoms with van der Waals surface area (Å²) in [4.78, 5) is 14.8. The van der Waals surface area contributed by atoms with Gasteiger partial charge in [-0.05, 0) is 35.4 Å². The summed E-state index contributed by atoms with van der Waals surface area (Å²) < 4.78 is 16.1. The second-order valence-corrected chi connectivity index (χ2v) is 6.36. The minimum Gasteiger partial charge on any atom is -0.454 e. The number of carbonyl (C=O) groups is 1. The Morgan fingerprint density at radius 3 is 2.69 bits per heavy atom. The summed E-state index contributed by atoms with van der Waals surface area (Å²) in [7, 11) is 0. The fourth-order valence-corrected chi connectivity index (χ4v) is 3.17. The maximum Gasteiger partial charge on any atom is 0.251 e. The highest BCUT2D eigenvalue weighted by Crippen LogP contribution is 2.35. The molecule has 2 aromatic rings. The van der Waals surface area contributed by atoms with E-state index in [-0.39, 0.29) is 12.7 Å². The molecule has 0 spiro atoms. The molecule has 1 N–H and O–H groups in total. The van der Waals surface area contributed by atoms with Crippen LogP contribution in [0.2, 0.25) is 0 Å². The summed E-state index contributed by atoms with van der Waals surface area (Å²) in [5, 5.41) is 3.00. The van der Waals surface area contributed by atoms with E-state index in [4.69, 9.17) is 14.2 Å². The number of benzene rings is 2. The highest BCUT2D eigenvalue weighted by molar-refractivity contribution is 5.95. The van der Waals surface area contributed by atoms with Crippen molar-refractivity contribution < 1.29 is 19.0 Å². The van der Waals surface area contributed by atoms with Gasteiger partial charge in [0.05, 0.1) is 13.2 Å². The number of nitrogens with zero attached hydrogens (tertiary/aromatic N) is 1. The molecule has 1 saturated heterocycles. The van der Waals surface area contributed by atoms with E-state index in [1.807, 2.05) is 42.5 Å². The van der Waals surface area contributed by atoms with Crippen LogP contribution in [0, 0.1) is 0 Å². The summed E-state index contributed by atoms with van der Waals surface area (Å²) in [5.74, 6) is 1.44. The Kier molecular flexibility index (Phi) is 5.04. The Hall–Kier alpha value is -2.57. The predicted molar refractivity (Wildman–Crippen MR) is 97.6 cm³/mol. The van der Waals surface area contributed by atoms with Crippen LogP contribution in [-0.4, -0.2) is 57.0 Å². The number of fused-ring (bicyclic) bond motifs is 1. The van der Waals surface area contributed by atoms with Crippen molar-refractivity contribution in [2.75, 3.05) is 46.2 Å². The van der Waals surface area contributed by atoms with Crippen LogP contribution < -0.4 is 14.8 Å². The molecular weight excluding hydrogens is 332 g/mol. The molecule has 136 valence electrons. The normalized spacial score (nSPS) is 16.5. The van der Waals surface area contributed by atoms with Crippen LogP contribution in [0.5, 0.6) is 11.5 Å². The molecular formula is C20H22N2O4. The average Bonchev–Trinajstić information content (AvgIpc) is 3.16. The van der Waals surface area contributed by atoms with E-state index in [1.165, 1.54) is 0 Å². The van der Waals surface area contributed by atoms with Crippen LogP contribution in [0.15, 0.2) is 42.5 Å². The zero-order valence-corrected chi connectivity index (χ0v) is 14.6. The van der Waals surface area contributed by atoms with Crippen LogP contribution >= 0.6 is 0 Å². The molecule has 6 nitrogen and oxygen atoms in total. The van der Waals surface area contributed by atoms with Gasteiger partial charge < -0.3 is 19.5 Å². The molecule has 4 rings (SSSR count). The van der Waals surface area contributed by atoms with E-state index in [2.05, 4.69) is 10.2 Å². The van der Waals surface area contributed by atoms with Gasteiger partial charge in [-0.1, -0.05) is 18.2 Å². The molecule has 1 fully saturated rings. The molecule has 0 aliphatic carbocycles. The third kappa shape index (κ3) is 3.81. The largest absolute Gasteiger partial charge is 0.454 e. The van der Waals surface area contributed by atoms with Crippen molar-refractivity contribution in [1.29, 1.82) is 0 Å². The molecule has 0 radical (unpaired) electrons. The first kappa shape index (κ1) is 16.9. The van der Waals surface area contributed by atoms with Crippen molar-refractivity contribution in [3.05, 3.63) is 48.0 Å². The second-order valence-electron chi connectivity index (χ2n) is 6.36. The number of hydrogen-bond acceptors (Lipinski definition) is 5. The number of carbonyl (C=O) groups excluding carboxylic acids is 1. The van der Waals surface area contributed by atoms with Crippen molar-refractivity contribution in [1.82, 2.24) is 10.2 Å². The maximum absolute atomic E-state index is 12.5. The Labute approximate surface area is 152 Å². The third-order valence-electron chi connectivity index (χ3n) is 4.65. The molecule has 26 heavy (non-hydrogen) atoms. The molecule has 2 aliphatic rings. The number of morpholine rings is 1. The molecule has 2 aromatic carbocycles. The summed E-state index contributed by atoms with van der Waals surface area (Å²) in [6.07, 6.45) is 0. The fourth-order valence-electron chi connectivity index (χ4n) is 3.17. The lowest BCUT2D eigenvalue weighted by molar-refractivity contribution is 0.0383. The van der Waals surface area contributed by atoms with Crippen molar-refractivity contribution in [2.24, 2.45) is 0 Å². The van der Waals surface area contributed by atoms with Gasteiger partial charge in [0.15, 0.2) is 11.5 Å². The van der Waals surface area contributed by atoms with E-state index in [0.29, 0.717) is 12.1 Å². The lowest BCUT2D eigenvalue weighted by Gasteiger charge is -2.26. The highest BCUT2D eigenvalue weighted by atomic mass is 16.7. The molecule has 1 amide bonds. The minimum atomic E-state index is -0.0548. The number of amides is 1. The topological polar surface area (TPSA) is 60.0 Å². The van der Waals surface area contributed by atoms with E-state index in [0.717, 1.165) is 55.5 Å². The standard InChI is InChI=1S/C20H22N2O4/c23-20(21-6-7-22-8-10-24-11-9-22)17-3-1-2-15(12-17)16-4-5-18-19(13-16)26-14-25-18/h1-5,12-13H,6-11,14H2,(H,21,23). The van der Waals surface area contributed by atoms with Crippen LogP contribution in [-0.2, 0) is 4.74 Å². The van der Waals surface area contributed by atoms with Crippen LogP contribution in [0.25, 0.3) is 11.1 Å². The van der Waals surface area contributed by atoms with Crippen molar-refractivity contribution in [2.45, 2.75) is 0 Å². The number of hydrogen-bond donors (Lipinski definition) is 1. The van der Waals surface area contributed by atoms with Crippen LogP contribution in [0.1, 0.15) is 10.4 Å². The lowest BCUT2D eigenvalue weighted by atomic mass is 10.0. The predicted octanol–water partition coefficient (Wildman–Crippen LogP) is 2.14. The molecule has 2 aliphatic heterocycles. The van der Waals surface area contributed by atoms with Crippen LogP contribution in [0.4, 0.5) is 0 Å². The van der Waals surface area contributed by atoms with Gasteiger partial charge in [-0.15, -0.1) is 0 Å². The summed E-state index contributed by atoms with van der Waals surface area (Å²) >= 11 is 0. The van der Waals surface area contributed by atoms with Gasteiger partial charge in [0.2, 0.25) is 6.79 Å². The molecule has 2 heterocycles. The smallest absolute Gasteiger partial charge is 0.251 e. The average molecular weight is 354 g/mol. The molecule has 6 heteroatoms. The molecule has 0 saturated carbocycles. The quantitative estimate of drug-likeness (QED) is 0.892. The highest BCUT2D eigenvalue weighted by Gasteiger charge is 2.15. The summed E-state index contributed by atoms with van der Waals surface area (Å²) in [6.45, 7) is 5.12. The summed E-state index contributed by atoms with van der Waals surface area (Å²) in [6, 6.07) is 13.4. The minimum absolute atomic E-state index is 0.0548. The van der Waals surface area contributed by atoms with Gasteiger partial charge in [-0.3, -0.25) is 9.69 Å². The van der Waals surface area contributed by atoms with Gasteiger partial charge in [-0.2, -0.15) is 0 Å². The van der Waals surface area contributed by atoms with Gasteiger partial charge in [0.1, 0.15) is 0 Å². The van der Waals surface area contributed by atoms with E-state index < -0.39 is 0 Å². The van der Waals surface area contributed by atoms with Gasteiger partial charge >= 0.3 is 0 Å². The first-order chi connectivity index (χ1) is 12.8. The summed E-state index contributed by atoms with van der Waals surface area (Å²) in [5.41, 5.74) is 2.63. The fraction of sp³-hybridized carbons (Fsp3) is 0.350. The van der Waals surface area contributed by atoms with Gasteiger partial charge in [0.25, 0.3) is 5.91 Å². The Morgan fingerprint density at radius 2 is 1.81 bits per heavy atom. The first-order valence-corrected chi connectivity index (χ1v) is 8.88. The first-order valence-electron chi connectivity index (χ1n) is 8.88. The van der Waals surface area contributed by atoms with E-state index in [9.17, 15) is 4.79 Å². The lowest BCUT2D eigenvalue weighted by Crippen LogP contribution is -2.41. The van der Waals surface area contributed by atoms with E-state index >= 15 is 0 Å². The second kappa shape index (κ2) is 7.76. The third-order valence-corrected chi connectivity index (χ3v) is 4.65. The Bertz CT molecular complexity index is 787. The van der Waals surface area contributed by atoms with Gasteiger partial charge in [-0.25, -0.2) is 0 Å². The monoisotopic (exact) mass is 354 g/mol. The Morgan fingerprint density at radius 1 is 1.00 bits per heavy atom. The van der Waals surface area contributed by atoms with Crippen molar-refractivity contribution in [3.8, 4) is 22.6 Å². The molecule has 0 atom stereocenters. The molecule has 0 unspecified atom stereocenters. The number of ether oxygens (including phenoxy) is 3. The molecule has 0 aromatic heterocycles. The Balaban J connectivity index is 1.39. The van der Waals surface area contributed by atoms with Crippen molar-refractivity contribution in [3.63, 3.8) is 0 Å². The number of rotatable bonds is 5.